The normalized spacial score (nSPS) is 11.3. The van der Waals surface area contributed by atoms with Crippen molar-refractivity contribution in [2.75, 3.05) is 12.4 Å². The Kier molecular flexibility index (Phi) is 5.05. The monoisotopic (exact) mass is 332 g/mol. The third-order valence-corrected chi connectivity index (χ3v) is 2.99. The minimum atomic E-state index is -0.340. The Bertz CT molecular complexity index is 369. The molecule has 0 saturated heterocycles. The van der Waals surface area contributed by atoms with Crippen LogP contribution < -0.4 is 0 Å². The second-order valence-electron chi connectivity index (χ2n) is 2.83. The Morgan fingerprint density at radius 1 is 1.40 bits per heavy atom. The van der Waals surface area contributed by atoms with Crippen LogP contribution >= 0.6 is 31.9 Å². The van der Waals surface area contributed by atoms with Gasteiger partial charge in [-0.25, -0.2) is 4.79 Å². The molecule has 1 aromatic carbocycles. The van der Waals surface area contributed by atoms with E-state index in [9.17, 15) is 4.79 Å². The fraction of sp³-hybridized carbons (Fsp3) is 0.182. The summed E-state index contributed by atoms with van der Waals surface area (Å²) < 4.78 is 5.59. The van der Waals surface area contributed by atoms with Gasteiger partial charge in [0.05, 0.1) is 7.11 Å². The molecule has 0 aliphatic carbocycles. The van der Waals surface area contributed by atoms with Crippen LogP contribution in [-0.4, -0.2) is 18.4 Å². The van der Waals surface area contributed by atoms with Gasteiger partial charge in [0.25, 0.3) is 0 Å². The van der Waals surface area contributed by atoms with Crippen LogP contribution in [0.1, 0.15) is 5.56 Å². The number of carbonyl (C=O) groups excluding carboxylic acids is 1. The summed E-state index contributed by atoms with van der Waals surface area (Å²) in [5.74, 6) is -0.340. The number of hydrogen-bond donors (Lipinski definition) is 0. The smallest absolute Gasteiger partial charge is 0.330 e. The number of alkyl halides is 1. The molecule has 0 saturated carbocycles. The molecule has 0 aliphatic rings. The molecule has 2 nitrogen and oxygen atoms in total. The number of halogens is 2. The molecule has 0 atom stereocenters. The number of allylic oxidation sites excluding steroid dienone is 1. The van der Waals surface area contributed by atoms with Crippen molar-refractivity contribution in [3.63, 3.8) is 0 Å². The van der Waals surface area contributed by atoms with E-state index in [2.05, 4.69) is 36.6 Å². The molecule has 80 valence electrons. The van der Waals surface area contributed by atoms with E-state index in [0.29, 0.717) is 5.33 Å². The molecule has 0 bridgehead atoms. The summed E-state index contributed by atoms with van der Waals surface area (Å²) in [5, 5.41) is 0.615. The zero-order valence-electron chi connectivity index (χ0n) is 8.17. The van der Waals surface area contributed by atoms with Gasteiger partial charge in [0.2, 0.25) is 0 Å². The quantitative estimate of drug-likeness (QED) is 0.481. The fourth-order valence-corrected chi connectivity index (χ4v) is 1.81. The van der Waals surface area contributed by atoms with Crippen molar-refractivity contribution in [3.8, 4) is 0 Å². The van der Waals surface area contributed by atoms with Gasteiger partial charge in [-0.1, -0.05) is 44.0 Å². The third kappa shape index (κ3) is 3.80. The zero-order chi connectivity index (χ0) is 11.3. The topological polar surface area (TPSA) is 26.3 Å². The second-order valence-corrected chi connectivity index (χ2v) is 4.31. The lowest BCUT2D eigenvalue weighted by Gasteiger charge is -2.03. The number of methoxy groups -OCH3 is 1. The first-order chi connectivity index (χ1) is 7.17. The van der Waals surface area contributed by atoms with Gasteiger partial charge >= 0.3 is 5.97 Å². The van der Waals surface area contributed by atoms with Crippen molar-refractivity contribution in [3.05, 3.63) is 40.4 Å². The van der Waals surface area contributed by atoms with Gasteiger partial charge < -0.3 is 4.74 Å². The summed E-state index contributed by atoms with van der Waals surface area (Å²) in [4.78, 5) is 11.1. The van der Waals surface area contributed by atoms with Gasteiger partial charge in [0.1, 0.15) is 0 Å². The predicted molar refractivity (Wildman–Crippen MR) is 67.9 cm³/mol. The summed E-state index contributed by atoms with van der Waals surface area (Å²) in [6.45, 7) is 0. The van der Waals surface area contributed by atoms with Crippen molar-refractivity contribution in [1.29, 1.82) is 0 Å². The Labute approximate surface area is 106 Å². The highest BCUT2D eigenvalue weighted by molar-refractivity contribution is 9.10. The predicted octanol–water partition coefficient (Wildman–Crippen LogP) is 3.40. The minimum absolute atomic E-state index is 0.340. The van der Waals surface area contributed by atoms with Gasteiger partial charge in [-0.2, -0.15) is 0 Å². The molecule has 0 spiro atoms. The fourth-order valence-electron chi connectivity index (χ4n) is 1.06. The van der Waals surface area contributed by atoms with E-state index in [1.54, 1.807) is 0 Å². The molecule has 1 rings (SSSR count). The lowest BCUT2D eigenvalue weighted by molar-refractivity contribution is -0.134. The van der Waals surface area contributed by atoms with Crippen molar-refractivity contribution in [2.45, 2.75) is 0 Å². The van der Waals surface area contributed by atoms with Crippen molar-refractivity contribution in [2.24, 2.45) is 0 Å². The maximum absolute atomic E-state index is 11.1. The average Bonchev–Trinajstić information content (AvgIpc) is 2.27. The van der Waals surface area contributed by atoms with Gasteiger partial charge in [0.15, 0.2) is 0 Å². The van der Waals surface area contributed by atoms with Crippen LogP contribution in [0, 0.1) is 0 Å². The van der Waals surface area contributed by atoms with Gasteiger partial charge in [-0.3, -0.25) is 0 Å². The highest BCUT2D eigenvalue weighted by atomic mass is 79.9. The molecule has 0 unspecified atom stereocenters. The highest BCUT2D eigenvalue weighted by Gasteiger charge is 2.03. The van der Waals surface area contributed by atoms with Crippen molar-refractivity contribution >= 4 is 43.4 Å². The van der Waals surface area contributed by atoms with Crippen LogP contribution in [-0.2, 0) is 9.53 Å². The minimum Gasteiger partial charge on any atom is -0.466 e. The first-order valence-electron chi connectivity index (χ1n) is 4.28. The number of esters is 1. The highest BCUT2D eigenvalue weighted by Crippen LogP contribution is 2.19. The Morgan fingerprint density at radius 3 is 2.47 bits per heavy atom. The molecule has 0 heterocycles. The first-order valence-corrected chi connectivity index (χ1v) is 6.19. The summed E-state index contributed by atoms with van der Waals surface area (Å²) >= 11 is 6.70. The maximum atomic E-state index is 11.1. The Balaban J connectivity index is 2.97. The Hall–Kier alpha value is -0.610. The first kappa shape index (κ1) is 12.5. The number of rotatable bonds is 3. The number of hydrogen-bond acceptors (Lipinski definition) is 2. The molecule has 4 heteroatoms. The second kappa shape index (κ2) is 6.08. The van der Waals surface area contributed by atoms with E-state index in [-0.39, 0.29) is 5.97 Å². The molecule has 0 amide bonds. The van der Waals surface area contributed by atoms with Crippen LogP contribution in [0.2, 0.25) is 0 Å². The van der Waals surface area contributed by atoms with Crippen molar-refractivity contribution < 1.29 is 9.53 Å². The van der Waals surface area contributed by atoms with E-state index in [0.717, 1.165) is 15.6 Å². The van der Waals surface area contributed by atoms with Crippen LogP contribution in [0.4, 0.5) is 0 Å². The SMILES string of the molecule is COC(=O)/C=C(\CBr)c1ccc(Br)cc1. The standard InChI is InChI=1S/C11H10Br2O2/c1-15-11(14)6-9(7-12)8-2-4-10(13)5-3-8/h2-6H,7H2,1H3/b9-6+. The van der Waals surface area contributed by atoms with E-state index in [1.165, 1.54) is 13.2 Å². The molecule has 0 aromatic heterocycles. The zero-order valence-corrected chi connectivity index (χ0v) is 11.3. The van der Waals surface area contributed by atoms with E-state index < -0.39 is 0 Å². The molecular formula is C11H10Br2O2. The number of ether oxygens (including phenoxy) is 1. The van der Waals surface area contributed by atoms with Crippen molar-refractivity contribution in [1.82, 2.24) is 0 Å². The summed E-state index contributed by atoms with van der Waals surface area (Å²) in [6.07, 6.45) is 1.48. The largest absolute Gasteiger partial charge is 0.466 e. The molecule has 0 N–H and O–H groups in total. The van der Waals surface area contributed by atoms with Crippen LogP contribution in [0.25, 0.3) is 5.57 Å². The molecule has 15 heavy (non-hydrogen) atoms. The maximum Gasteiger partial charge on any atom is 0.330 e. The lowest BCUT2D eigenvalue weighted by Crippen LogP contribution is -1.97. The molecule has 0 radical (unpaired) electrons. The third-order valence-electron chi connectivity index (χ3n) is 1.85. The number of carbonyl (C=O) groups is 1. The van der Waals surface area contributed by atoms with Gasteiger partial charge in [-0.15, -0.1) is 0 Å². The average molecular weight is 334 g/mol. The lowest BCUT2D eigenvalue weighted by atomic mass is 10.1. The van der Waals surface area contributed by atoms with E-state index in [1.807, 2.05) is 24.3 Å². The summed E-state index contributed by atoms with van der Waals surface area (Å²) in [7, 11) is 1.37. The molecule has 0 fully saturated rings. The summed E-state index contributed by atoms with van der Waals surface area (Å²) in [5.41, 5.74) is 1.90. The molecular weight excluding hydrogens is 324 g/mol. The van der Waals surface area contributed by atoms with Crippen LogP contribution in [0.3, 0.4) is 0 Å². The summed E-state index contributed by atoms with van der Waals surface area (Å²) in [6, 6.07) is 7.76. The molecule has 1 aromatic rings. The molecule has 0 aliphatic heterocycles. The Morgan fingerprint density at radius 2 is 2.00 bits per heavy atom. The van der Waals surface area contributed by atoms with Crippen LogP contribution in [0.5, 0.6) is 0 Å². The van der Waals surface area contributed by atoms with E-state index in [4.69, 9.17) is 0 Å². The van der Waals surface area contributed by atoms with E-state index >= 15 is 0 Å². The van der Waals surface area contributed by atoms with Gasteiger partial charge in [-0.05, 0) is 23.3 Å². The number of benzene rings is 1. The van der Waals surface area contributed by atoms with Crippen LogP contribution in [0.15, 0.2) is 34.8 Å². The van der Waals surface area contributed by atoms with Gasteiger partial charge in [0, 0.05) is 15.9 Å².